The lowest BCUT2D eigenvalue weighted by molar-refractivity contribution is -0.870. The summed E-state index contributed by atoms with van der Waals surface area (Å²) in [5.74, 6) is 0. The Bertz CT molecular complexity index is 333. The monoisotopic (exact) mass is 371 g/mol. The summed E-state index contributed by atoms with van der Waals surface area (Å²) in [4.78, 5) is 0. The number of unbranched alkanes of at least 4 members (excludes halogenated alkanes) is 11. The van der Waals surface area contributed by atoms with Gasteiger partial charge >= 0.3 is 10.4 Å². The minimum atomic E-state index is -4.67. The minimum Gasteiger partial charge on any atom is -0.344 e. The van der Waals surface area contributed by atoms with Crippen LogP contribution in [0.1, 0.15) is 84.0 Å². The van der Waals surface area contributed by atoms with Gasteiger partial charge in [0.2, 0.25) is 0 Å². The van der Waals surface area contributed by atoms with Crippen LogP contribution in [0.4, 0.5) is 0 Å². The van der Waals surface area contributed by atoms with Crippen LogP contribution >= 0.6 is 0 Å². The normalized spacial score (nSPS) is 11.4. The zero-order valence-corrected chi connectivity index (χ0v) is 17.3. The average Bonchev–Trinajstić information content (AvgIpc) is 2.37. The second-order valence-electron chi connectivity index (χ2n) is 7.35. The first-order chi connectivity index (χ1) is 10.6. The maximum absolute atomic E-state index is 8.74. The smallest absolute Gasteiger partial charge is 0.344 e. The van der Waals surface area contributed by atoms with Gasteiger partial charge in [0.15, 0.2) is 0 Å². The minimum absolute atomic E-state index is 0. The summed E-state index contributed by atoms with van der Waals surface area (Å²) in [6.45, 7) is 3.62. The molecule has 0 aliphatic carbocycles. The van der Waals surface area contributed by atoms with Crippen LogP contribution in [0, 0.1) is 0 Å². The third-order valence-electron chi connectivity index (χ3n) is 3.68. The Hall–Kier alpha value is -0.210. The van der Waals surface area contributed by atoms with Crippen LogP contribution in [-0.4, -0.2) is 49.7 Å². The molecule has 0 aromatic rings. The third kappa shape index (κ3) is 43.1. The third-order valence-corrected chi connectivity index (χ3v) is 3.68. The van der Waals surface area contributed by atoms with Crippen LogP contribution in [-0.2, 0) is 10.4 Å². The molecule has 5 N–H and O–H groups in total. The molecule has 7 heteroatoms. The predicted molar refractivity (Wildman–Crippen MR) is 103 cm³/mol. The van der Waals surface area contributed by atoms with E-state index in [9.17, 15) is 0 Å². The summed E-state index contributed by atoms with van der Waals surface area (Å²) in [5.41, 5.74) is 0. The molecule has 0 amide bonds. The predicted octanol–water partition coefficient (Wildman–Crippen LogP) is 4.90. The molecule has 0 saturated carbocycles. The van der Waals surface area contributed by atoms with E-state index in [0.717, 1.165) is 4.48 Å². The largest absolute Gasteiger partial charge is 0.394 e. The molecule has 0 rings (SSSR count). The van der Waals surface area contributed by atoms with Gasteiger partial charge in [0, 0.05) is 0 Å². The first-order valence-corrected chi connectivity index (χ1v) is 10.5. The number of quaternary nitrogens is 1. The van der Waals surface area contributed by atoms with Crippen molar-refractivity contribution in [3.05, 3.63) is 0 Å². The van der Waals surface area contributed by atoms with Crippen molar-refractivity contribution >= 4 is 10.4 Å². The highest BCUT2D eigenvalue weighted by Gasteiger charge is 2.04. The standard InChI is InChI=1S/C17H38N.H3N.H2O4S/c1-5-6-7-8-9-10-11-12-13-14-15-16-17-18(2,3)4;;1-5(2,3)4/h5-17H2,1-4H3;1H3;(H2,1,2,3,4)/q+1;;. The maximum atomic E-state index is 8.74. The van der Waals surface area contributed by atoms with E-state index in [0.29, 0.717) is 0 Å². The molecule has 6 nitrogen and oxygen atoms in total. The Morgan fingerprint density at radius 1 is 0.667 bits per heavy atom. The summed E-state index contributed by atoms with van der Waals surface area (Å²) in [5, 5.41) is 0. The van der Waals surface area contributed by atoms with Gasteiger partial charge in [-0.15, -0.1) is 0 Å². The molecule has 0 bridgehead atoms. The number of nitrogens with zero attached hydrogens (tertiary/aromatic N) is 1. The lowest BCUT2D eigenvalue weighted by Gasteiger charge is -2.23. The van der Waals surface area contributed by atoms with Gasteiger partial charge in [-0.1, -0.05) is 71.1 Å². The lowest BCUT2D eigenvalue weighted by atomic mass is 10.1. The van der Waals surface area contributed by atoms with E-state index >= 15 is 0 Å². The van der Waals surface area contributed by atoms with E-state index in [1.165, 1.54) is 83.6 Å². The van der Waals surface area contributed by atoms with Gasteiger partial charge < -0.3 is 10.6 Å². The van der Waals surface area contributed by atoms with Crippen LogP contribution in [0.2, 0.25) is 0 Å². The molecule has 0 radical (unpaired) electrons. The van der Waals surface area contributed by atoms with Crippen molar-refractivity contribution in [1.29, 1.82) is 0 Å². The highest BCUT2D eigenvalue weighted by Crippen LogP contribution is 2.12. The summed E-state index contributed by atoms with van der Waals surface area (Å²) < 4.78 is 32.7. The fourth-order valence-electron chi connectivity index (χ4n) is 2.43. The van der Waals surface area contributed by atoms with Crippen LogP contribution in [0.25, 0.3) is 0 Å². The zero-order valence-electron chi connectivity index (χ0n) is 16.5. The SMILES string of the molecule is CCCCCCCCCCCCCC[N+](C)(C)C.N.O=S(=O)(O)O. The van der Waals surface area contributed by atoms with Gasteiger partial charge in [0.25, 0.3) is 0 Å². The van der Waals surface area contributed by atoms with Gasteiger partial charge in [-0.25, -0.2) is 0 Å². The Kier molecular flexibility index (Phi) is 21.0. The van der Waals surface area contributed by atoms with E-state index in [-0.39, 0.29) is 6.15 Å². The maximum Gasteiger partial charge on any atom is 0.394 e. The first-order valence-electron chi connectivity index (χ1n) is 9.06. The van der Waals surface area contributed by atoms with E-state index in [4.69, 9.17) is 17.5 Å². The molecule has 150 valence electrons. The number of hydrogen-bond donors (Lipinski definition) is 3. The van der Waals surface area contributed by atoms with Crippen molar-refractivity contribution in [1.82, 2.24) is 6.15 Å². The molecule has 0 aromatic carbocycles. The Labute approximate surface area is 150 Å². The van der Waals surface area contributed by atoms with Crippen LogP contribution in [0.15, 0.2) is 0 Å². The molecule has 0 aromatic heterocycles. The number of hydrogen-bond acceptors (Lipinski definition) is 3. The Balaban J connectivity index is -0.000000639. The fraction of sp³-hybridized carbons (Fsp3) is 1.00. The number of rotatable bonds is 13. The summed E-state index contributed by atoms with van der Waals surface area (Å²) in [7, 11) is 2.20. The molecule has 0 aliphatic rings. The van der Waals surface area contributed by atoms with E-state index < -0.39 is 10.4 Å². The van der Waals surface area contributed by atoms with Crippen molar-refractivity contribution in [3.8, 4) is 0 Å². The van der Waals surface area contributed by atoms with E-state index in [2.05, 4.69) is 28.1 Å². The highest BCUT2D eigenvalue weighted by molar-refractivity contribution is 7.79. The van der Waals surface area contributed by atoms with Crippen molar-refractivity contribution < 1.29 is 22.0 Å². The average molecular weight is 372 g/mol. The summed E-state index contributed by atoms with van der Waals surface area (Å²) >= 11 is 0. The van der Waals surface area contributed by atoms with Crippen molar-refractivity contribution in [3.63, 3.8) is 0 Å². The molecule has 0 aliphatic heterocycles. The summed E-state index contributed by atoms with van der Waals surface area (Å²) in [6.07, 6.45) is 17.4. The molecule has 0 fully saturated rings. The molecule has 0 heterocycles. The zero-order chi connectivity index (χ0) is 18.2. The summed E-state index contributed by atoms with van der Waals surface area (Å²) in [6, 6.07) is 0. The van der Waals surface area contributed by atoms with Gasteiger partial charge in [-0.05, 0) is 12.8 Å². The molecular formula is C17H43N2O4S+. The van der Waals surface area contributed by atoms with Crippen molar-refractivity contribution in [2.24, 2.45) is 0 Å². The fourth-order valence-corrected chi connectivity index (χ4v) is 2.43. The van der Waals surface area contributed by atoms with Gasteiger partial charge in [0.1, 0.15) is 0 Å². The lowest BCUT2D eigenvalue weighted by Crippen LogP contribution is -2.35. The van der Waals surface area contributed by atoms with Crippen molar-refractivity contribution in [2.45, 2.75) is 84.0 Å². The Morgan fingerprint density at radius 2 is 0.917 bits per heavy atom. The molecule has 0 atom stereocenters. The van der Waals surface area contributed by atoms with Gasteiger partial charge in [0.05, 0.1) is 27.7 Å². The molecule has 0 spiro atoms. The quantitative estimate of drug-likeness (QED) is 0.242. The van der Waals surface area contributed by atoms with Crippen LogP contribution < -0.4 is 6.15 Å². The van der Waals surface area contributed by atoms with Gasteiger partial charge in [-0.3, -0.25) is 9.11 Å². The second-order valence-corrected chi connectivity index (χ2v) is 8.25. The first kappa shape index (κ1) is 28.6. The van der Waals surface area contributed by atoms with Crippen LogP contribution in [0.3, 0.4) is 0 Å². The Morgan fingerprint density at radius 3 is 1.17 bits per heavy atom. The molecule has 0 unspecified atom stereocenters. The van der Waals surface area contributed by atoms with Crippen molar-refractivity contribution in [2.75, 3.05) is 27.7 Å². The molecular weight excluding hydrogens is 328 g/mol. The van der Waals surface area contributed by atoms with E-state index in [1.54, 1.807) is 0 Å². The van der Waals surface area contributed by atoms with E-state index in [1.807, 2.05) is 0 Å². The molecule has 24 heavy (non-hydrogen) atoms. The van der Waals surface area contributed by atoms with Crippen LogP contribution in [0.5, 0.6) is 0 Å². The topological polar surface area (TPSA) is 110 Å². The van der Waals surface area contributed by atoms with Gasteiger partial charge in [-0.2, -0.15) is 8.42 Å². The second kappa shape index (κ2) is 17.6. The molecule has 0 saturated heterocycles. The highest BCUT2D eigenvalue weighted by atomic mass is 32.3.